The highest BCUT2D eigenvalue weighted by atomic mass is 19.4. The van der Waals surface area contributed by atoms with Crippen molar-refractivity contribution in [1.82, 2.24) is 10.6 Å². The molecule has 0 aliphatic carbocycles. The van der Waals surface area contributed by atoms with E-state index in [1.54, 1.807) is 6.92 Å². The SMILES string of the molecule is CCNc1ccc(C(=O)NCC(=O)NC)cc1C(F)(F)F. The van der Waals surface area contributed by atoms with Crippen molar-refractivity contribution in [3.8, 4) is 0 Å². The average Bonchev–Trinajstić information content (AvgIpc) is 2.43. The summed E-state index contributed by atoms with van der Waals surface area (Å²) in [5.74, 6) is -1.18. The van der Waals surface area contributed by atoms with Crippen LogP contribution in [-0.2, 0) is 11.0 Å². The third kappa shape index (κ3) is 4.66. The lowest BCUT2D eigenvalue weighted by atomic mass is 10.1. The molecule has 0 unspecified atom stereocenters. The van der Waals surface area contributed by atoms with Crippen LogP contribution in [0.4, 0.5) is 18.9 Å². The van der Waals surface area contributed by atoms with Crippen molar-refractivity contribution in [2.45, 2.75) is 13.1 Å². The summed E-state index contributed by atoms with van der Waals surface area (Å²) in [5, 5.41) is 7.12. The second-order valence-electron chi connectivity index (χ2n) is 4.14. The van der Waals surface area contributed by atoms with Crippen LogP contribution in [-0.4, -0.2) is 32.0 Å². The van der Waals surface area contributed by atoms with Crippen LogP contribution in [0.2, 0.25) is 0 Å². The Morgan fingerprint density at radius 3 is 2.43 bits per heavy atom. The molecule has 0 saturated heterocycles. The first-order chi connectivity index (χ1) is 9.79. The number of alkyl halides is 3. The Labute approximate surface area is 119 Å². The number of hydrogen-bond acceptors (Lipinski definition) is 3. The zero-order valence-corrected chi connectivity index (χ0v) is 11.6. The van der Waals surface area contributed by atoms with Crippen LogP contribution in [0.3, 0.4) is 0 Å². The maximum atomic E-state index is 12.9. The summed E-state index contributed by atoms with van der Waals surface area (Å²) in [6.07, 6.45) is -4.57. The quantitative estimate of drug-likeness (QED) is 0.774. The molecule has 0 aliphatic rings. The fourth-order valence-corrected chi connectivity index (χ4v) is 1.62. The maximum absolute atomic E-state index is 12.9. The molecule has 1 rings (SSSR count). The largest absolute Gasteiger partial charge is 0.418 e. The second-order valence-corrected chi connectivity index (χ2v) is 4.14. The highest BCUT2D eigenvalue weighted by Gasteiger charge is 2.34. The van der Waals surface area contributed by atoms with Crippen LogP contribution in [0, 0.1) is 0 Å². The van der Waals surface area contributed by atoms with Gasteiger partial charge in [0.15, 0.2) is 0 Å². The molecular formula is C13H16F3N3O2. The molecule has 0 spiro atoms. The lowest BCUT2D eigenvalue weighted by Gasteiger charge is -2.15. The lowest BCUT2D eigenvalue weighted by Crippen LogP contribution is -2.35. The van der Waals surface area contributed by atoms with Crippen molar-refractivity contribution in [2.24, 2.45) is 0 Å². The van der Waals surface area contributed by atoms with Crippen LogP contribution in [0.1, 0.15) is 22.8 Å². The molecule has 0 radical (unpaired) electrons. The molecule has 0 atom stereocenters. The van der Waals surface area contributed by atoms with Gasteiger partial charge >= 0.3 is 6.18 Å². The molecule has 0 saturated carbocycles. The van der Waals surface area contributed by atoms with Crippen molar-refractivity contribution in [3.05, 3.63) is 29.3 Å². The Morgan fingerprint density at radius 1 is 1.24 bits per heavy atom. The van der Waals surface area contributed by atoms with Gasteiger partial charge in [0.25, 0.3) is 5.91 Å². The number of carbonyl (C=O) groups excluding carboxylic acids is 2. The van der Waals surface area contributed by atoms with Gasteiger partial charge in [0.1, 0.15) is 0 Å². The Balaban J connectivity index is 2.99. The molecular weight excluding hydrogens is 287 g/mol. The van der Waals surface area contributed by atoms with E-state index in [1.807, 2.05) is 0 Å². The number of amides is 2. The van der Waals surface area contributed by atoms with Gasteiger partial charge in [-0.1, -0.05) is 0 Å². The van der Waals surface area contributed by atoms with Gasteiger partial charge in [0.2, 0.25) is 5.91 Å². The van der Waals surface area contributed by atoms with E-state index in [0.29, 0.717) is 6.54 Å². The summed E-state index contributed by atoms with van der Waals surface area (Å²) in [6, 6.07) is 3.23. The summed E-state index contributed by atoms with van der Waals surface area (Å²) >= 11 is 0. The highest BCUT2D eigenvalue weighted by molar-refractivity contribution is 5.97. The molecule has 3 N–H and O–H groups in total. The number of hydrogen-bond donors (Lipinski definition) is 3. The van der Waals surface area contributed by atoms with Crippen molar-refractivity contribution in [1.29, 1.82) is 0 Å². The second kappa shape index (κ2) is 6.96. The standard InChI is InChI=1S/C13H16F3N3O2/c1-3-18-10-5-4-8(6-9(10)13(14,15)16)12(21)19-7-11(20)17-2/h4-6,18H,3,7H2,1-2H3,(H,17,20)(H,19,21). The molecule has 21 heavy (non-hydrogen) atoms. The van der Waals surface area contributed by atoms with Gasteiger partial charge in [-0.05, 0) is 25.1 Å². The van der Waals surface area contributed by atoms with Gasteiger partial charge in [0.05, 0.1) is 12.1 Å². The maximum Gasteiger partial charge on any atom is 0.418 e. The molecule has 0 bridgehead atoms. The van der Waals surface area contributed by atoms with E-state index in [2.05, 4.69) is 16.0 Å². The van der Waals surface area contributed by atoms with Crippen molar-refractivity contribution >= 4 is 17.5 Å². The number of nitrogens with one attached hydrogen (secondary N) is 3. The average molecular weight is 303 g/mol. The minimum Gasteiger partial charge on any atom is -0.385 e. The van der Waals surface area contributed by atoms with Crippen molar-refractivity contribution < 1.29 is 22.8 Å². The van der Waals surface area contributed by atoms with Crippen LogP contribution in [0.5, 0.6) is 0 Å². The van der Waals surface area contributed by atoms with E-state index in [-0.39, 0.29) is 17.8 Å². The number of likely N-dealkylation sites (N-methyl/N-ethyl adjacent to an activating group) is 1. The Morgan fingerprint density at radius 2 is 1.90 bits per heavy atom. The normalized spacial score (nSPS) is 10.9. The predicted octanol–water partition coefficient (Wildman–Crippen LogP) is 1.61. The molecule has 116 valence electrons. The van der Waals surface area contributed by atoms with Gasteiger partial charge in [-0.25, -0.2) is 0 Å². The Hall–Kier alpha value is -2.25. The van der Waals surface area contributed by atoms with Crippen molar-refractivity contribution in [2.75, 3.05) is 25.5 Å². The molecule has 0 heterocycles. The minimum atomic E-state index is -4.57. The van der Waals surface area contributed by atoms with Gasteiger partial charge in [0, 0.05) is 24.8 Å². The first kappa shape index (κ1) is 16.8. The van der Waals surface area contributed by atoms with E-state index in [4.69, 9.17) is 0 Å². The van der Waals surface area contributed by atoms with E-state index < -0.39 is 23.6 Å². The van der Waals surface area contributed by atoms with Crippen LogP contribution < -0.4 is 16.0 Å². The Bertz CT molecular complexity index is 530. The van der Waals surface area contributed by atoms with Gasteiger partial charge < -0.3 is 16.0 Å². The van der Waals surface area contributed by atoms with Crippen molar-refractivity contribution in [3.63, 3.8) is 0 Å². The van der Waals surface area contributed by atoms with Crippen LogP contribution in [0.25, 0.3) is 0 Å². The number of benzene rings is 1. The van der Waals surface area contributed by atoms with Gasteiger partial charge in [-0.2, -0.15) is 13.2 Å². The molecule has 0 fully saturated rings. The van der Waals surface area contributed by atoms with E-state index in [1.165, 1.54) is 19.2 Å². The van der Waals surface area contributed by atoms with Gasteiger partial charge in [-0.15, -0.1) is 0 Å². The predicted molar refractivity (Wildman–Crippen MR) is 72.0 cm³/mol. The van der Waals surface area contributed by atoms with Crippen LogP contribution >= 0.6 is 0 Å². The lowest BCUT2D eigenvalue weighted by molar-refractivity contribution is -0.137. The summed E-state index contributed by atoms with van der Waals surface area (Å²) in [5.41, 5.74) is -1.17. The number of carbonyl (C=O) groups is 2. The third-order valence-corrected chi connectivity index (χ3v) is 2.64. The molecule has 0 aliphatic heterocycles. The smallest absolute Gasteiger partial charge is 0.385 e. The number of rotatable bonds is 5. The summed E-state index contributed by atoms with van der Waals surface area (Å²) < 4.78 is 38.8. The first-order valence-corrected chi connectivity index (χ1v) is 6.23. The molecule has 5 nitrogen and oxygen atoms in total. The summed E-state index contributed by atoms with van der Waals surface area (Å²) in [4.78, 5) is 22.7. The molecule has 8 heteroatoms. The highest BCUT2D eigenvalue weighted by Crippen LogP contribution is 2.35. The number of anilines is 1. The summed E-state index contributed by atoms with van der Waals surface area (Å²) in [7, 11) is 1.39. The van der Waals surface area contributed by atoms with E-state index in [9.17, 15) is 22.8 Å². The topological polar surface area (TPSA) is 70.2 Å². The molecule has 2 amide bonds. The molecule has 1 aromatic carbocycles. The zero-order chi connectivity index (χ0) is 16.0. The van der Waals surface area contributed by atoms with Gasteiger partial charge in [-0.3, -0.25) is 9.59 Å². The monoisotopic (exact) mass is 303 g/mol. The fraction of sp³-hybridized carbons (Fsp3) is 0.385. The first-order valence-electron chi connectivity index (χ1n) is 6.23. The summed E-state index contributed by atoms with van der Waals surface area (Å²) in [6.45, 7) is 1.70. The fourth-order valence-electron chi connectivity index (χ4n) is 1.62. The molecule has 1 aromatic rings. The Kier molecular flexibility index (Phi) is 5.57. The van der Waals surface area contributed by atoms with E-state index >= 15 is 0 Å². The van der Waals surface area contributed by atoms with Crippen LogP contribution in [0.15, 0.2) is 18.2 Å². The number of halogens is 3. The minimum absolute atomic E-state index is 0.0900. The third-order valence-electron chi connectivity index (χ3n) is 2.64. The zero-order valence-electron chi connectivity index (χ0n) is 11.6. The molecule has 0 aromatic heterocycles. The van der Waals surface area contributed by atoms with E-state index in [0.717, 1.165) is 6.07 Å².